The Bertz CT molecular complexity index is 796. The summed E-state index contributed by atoms with van der Waals surface area (Å²) >= 11 is 0. The van der Waals surface area contributed by atoms with Crippen molar-refractivity contribution in [2.24, 2.45) is 0 Å². The second-order valence-corrected chi connectivity index (χ2v) is 6.98. The summed E-state index contributed by atoms with van der Waals surface area (Å²) in [7, 11) is 4.88. The van der Waals surface area contributed by atoms with Crippen LogP contribution in [-0.4, -0.2) is 33.9 Å². The molecule has 162 valence electrons. The Kier molecular flexibility index (Phi) is 10.5. The molecule has 0 fully saturated rings. The van der Waals surface area contributed by atoms with Crippen molar-refractivity contribution in [1.29, 1.82) is 0 Å². The fourth-order valence-electron chi connectivity index (χ4n) is 3.11. The minimum absolute atomic E-state index is 0.0155. The van der Waals surface area contributed by atoms with Gasteiger partial charge in [0.25, 0.3) is 0 Å². The molecule has 2 aromatic rings. The van der Waals surface area contributed by atoms with Gasteiger partial charge >= 0.3 is 0 Å². The largest absolute Gasteiger partial charge is 0.493 e. The van der Waals surface area contributed by atoms with Gasteiger partial charge in [-0.1, -0.05) is 25.0 Å². The first kappa shape index (κ1) is 23.5. The Morgan fingerprint density at radius 3 is 2.30 bits per heavy atom. The van der Waals surface area contributed by atoms with Crippen molar-refractivity contribution in [2.45, 2.75) is 38.5 Å². The quantitative estimate of drug-likeness (QED) is 0.174. The topological polar surface area (TPSA) is 54.0 Å². The van der Waals surface area contributed by atoms with E-state index in [4.69, 9.17) is 18.9 Å². The summed E-state index contributed by atoms with van der Waals surface area (Å²) in [4.78, 5) is 12.2. The van der Waals surface area contributed by atoms with Gasteiger partial charge in [0.05, 0.1) is 14.2 Å². The first-order chi connectivity index (χ1) is 14.7. The maximum atomic E-state index is 12.2. The highest BCUT2D eigenvalue weighted by molar-refractivity contribution is 6.04. The highest BCUT2D eigenvalue weighted by Crippen LogP contribution is 2.28. The molecule has 0 aliphatic carbocycles. The molecule has 0 bridgehead atoms. The number of carbonyl (C=O) groups is 1. The lowest BCUT2D eigenvalue weighted by Crippen LogP contribution is -1.99. The Labute approximate surface area is 179 Å². The fourth-order valence-corrected chi connectivity index (χ4v) is 3.11. The van der Waals surface area contributed by atoms with E-state index in [9.17, 15) is 4.79 Å². The molecule has 5 nitrogen and oxygen atoms in total. The number of methoxy groups -OCH3 is 3. The number of carbonyl (C=O) groups excluding carboxylic acids is 1. The van der Waals surface area contributed by atoms with Crippen LogP contribution in [0.4, 0.5) is 0 Å². The summed E-state index contributed by atoms with van der Waals surface area (Å²) in [5.74, 6) is 2.24. The van der Waals surface area contributed by atoms with Crippen LogP contribution < -0.4 is 14.2 Å². The predicted octanol–water partition coefficient (Wildman–Crippen LogP) is 5.62. The lowest BCUT2D eigenvalue weighted by molar-refractivity contribution is 0.0511. The minimum Gasteiger partial charge on any atom is -0.493 e. The van der Waals surface area contributed by atoms with Crippen LogP contribution in [0.1, 0.15) is 48.0 Å². The van der Waals surface area contributed by atoms with Gasteiger partial charge in [-0.25, -0.2) is 0 Å². The zero-order chi connectivity index (χ0) is 21.6. The van der Waals surface area contributed by atoms with Crippen LogP contribution in [-0.2, 0) is 11.2 Å². The van der Waals surface area contributed by atoms with Gasteiger partial charge in [-0.3, -0.25) is 4.79 Å². The monoisotopic (exact) mass is 412 g/mol. The Morgan fingerprint density at radius 2 is 1.60 bits per heavy atom. The molecule has 30 heavy (non-hydrogen) atoms. The Balaban J connectivity index is 1.62. The van der Waals surface area contributed by atoms with E-state index in [1.54, 1.807) is 51.7 Å². The third-order valence-electron chi connectivity index (χ3n) is 4.79. The summed E-state index contributed by atoms with van der Waals surface area (Å²) < 4.78 is 20.8. The van der Waals surface area contributed by atoms with Crippen LogP contribution >= 0.6 is 0 Å². The molecule has 0 heterocycles. The highest BCUT2D eigenvalue weighted by Gasteiger charge is 2.04. The van der Waals surface area contributed by atoms with Crippen molar-refractivity contribution in [3.63, 3.8) is 0 Å². The van der Waals surface area contributed by atoms with E-state index in [0.29, 0.717) is 11.3 Å². The summed E-state index contributed by atoms with van der Waals surface area (Å²) in [6, 6.07) is 13.2. The third-order valence-corrected chi connectivity index (χ3v) is 4.79. The molecule has 5 heteroatoms. The Morgan fingerprint density at radius 1 is 0.867 bits per heavy atom. The molecule has 0 unspecified atom stereocenters. The molecule has 2 aromatic carbocycles. The number of benzene rings is 2. The van der Waals surface area contributed by atoms with Crippen molar-refractivity contribution in [1.82, 2.24) is 0 Å². The SMILES string of the molecule is COCOc1ccc(C(=O)/C=C/CCCCCCc2ccc(OC)c(OC)c2)cc1. The van der Waals surface area contributed by atoms with Gasteiger partial charge in [0, 0.05) is 12.7 Å². The lowest BCUT2D eigenvalue weighted by Gasteiger charge is -2.09. The first-order valence-electron chi connectivity index (χ1n) is 10.3. The van der Waals surface area contributed by atoms with Gasteiger partial charge < -0.3 is 18.9 Å². The number of ketones is 1. The van der Waals surface area contributed by atoms with Gasteiger partial charge in [0.2, 0.25) is 0 Å². The Hall–Kier alpha value is -2.79. The van der Waals surface area contributed by atoms with E-state index in [2.05, 4.69) is 6.07 Å². The molecule has 2 rings (SSSR count). The van der Waals surface area contributed by atoms with E-state index >= 15 is 0 Å². The molecule has 0 aliphatic rings. The van der Waals surface area contributed by atoms with Crippen LogP contribution in [0.5, 0.6) is 17.2 Å². The zero-order valence-corrected chi connectivity index (χ0v) is 18.2. The molecular formula is C25H32O5. The highest BCUT2D eigenvalue weighted by atomic mass is 16.7. The third kappa shape index (κ3) is 7.91. The minimum atomic E-state index is 0.0155. The van der Waals surface area contributed by atoms with Crippen LogP contribution in [0.2, 0.25) is 0 Å². The molecule has 0 saturated heterocycles. The summed E-state index contributed by atoms with van der Waals surface area (Å²) in [6.45, 7) is 0.196. The van der Waals surface area contributed by atoms with Gasteiger partial charge in [0.15, 0.2) is 24.1 Å². The number of unbranched alkanes of at least 4 members (excludes halogenated alkanes) is 4. The smallest absolute Gasteiger partial charge is 0.188 e. The molecule has 0 radical (unpaired) electrons. The number of ether oxygens (including phenoxy) is 4. The van der Waals surface area contributed by atoms with Crippen molar-refractivity contribution in [3.05, 3.63) is 65.7 Å². The standard InChI is InChI=1S/C25H32O5/c1-27-19-30-22-15-13-21(14-16-22)23(26)11-9-7-5-4-6-8-10-20-12-17-24(28-2)25(18-20)29-3/h9,11-18H,4-8,10,19H2,1-3H3/b11-9+. The second-order valence-electron chi connectivity index (χ2n) is 6.98. The number of rotatable bonds is 14. The average molecular weight is 413 g/mol. The predicted molar refractivity (Wildman–Crippen MR) is 119 cm³/mol. The number of allylic oxidation sites excluding steroid dienone is 2. The fraction of sp³-hybridized carbons (Fsp3) is 0.400. The van der Waals surface area contributed by atoms with E-state index in [-0.39, 0.29) is 12.6 Å². The summed E-state index contributed by atoms with van der Waals surface area (Å²) in [5, 5.41) is 0. The average Bonchev–Trinajstić information content (AvgIpc) is 2.79. The summed E-state index contributed by atoms with van der Waals surface area (Å²) in [5.41, 5.74) is 1.92. The summed E-state index contributed by atoms with van der Waals surface area (Å²) in [6.07, 6.45) is 10.1. The number of hydrogen-bond donors (Lipinski definition) is 0. The molecule has 0 amide bonds. The van der Waals surface area contributed by atoms with Crippen LogP contribution in [0.25, 0.3) is 0 Å². The van der Waals surface area contributed by atoms with Crippen LogP contribution in [0.3, 0.4) is 0 Å². The van der Waals surface area contributed by atoms with Crippen molar-refractivity contribution < 1.29 is 23.7 Å². The van der Waals surface area contributed by atoms with Crippen molar-refractivity contribution in [3.8, 4) is 17.2 Å². The van der Waals surface area contributed by atoms with E-state index < -0.39 is 0 Å². The molecule has 0 saturated carbocycles. The maximum Gasteiger partial charge on any atom is 0.188 e. The van der Waals surface area contributed by atoms with Gasteiger partial charge in [-0.15, -0.1) is 0 Å². The van der Waals surface area contributed by atoms with E-state index in [1.165, 1.54) is 12.0 Å². The second kappa shape index (κ2) is 13.4. The van der Waals surface area contributed by atoms with Gasteiger partial charge in [-0.05, 0) is 73.7 Å². The van der Waals surface area contributed by atoms with E-state index in [0.717, 1.165) is 43.6 Å². The molecule has 0 spiro atoms. The van der Waals surface area contributed by atoms with Crippen LogP contribution in [0.15, 0.2) is 54.6 Å². The molecule has 0 aliphatic heterocycles. The molecule has 0 atom stereocenters. The molecular weight excluding hydrogens is 380 g/mol. The van der Waals surface area contributed by atoms with Crippen molar-refractivity contribution in [2.75, 3.05) is 28.1 Å². The normalized spacial score (nSPS) is 10.9. The van der Waals surface area contributed by atoms with Gasteiger partial charge in [-0.2, -0.15) is 0 Å². The number of aryl methyl sites for hydroxylation is 1. The van der Waals surface area contributed by atoms with Crippen LogP contribution in [0, 0.1) is 0 Å². The maximum absolute atomic E-state index is 12.2. The van der Waals surface area contributed by atoms with Gasteiger partial charge in [0.1, 0.15) is 5.75 Å². The number of hydrogen-bond acceptors (Lipinski definition) is 5. The molecule has 0 aromatic heterocycles. The lowest BCUT2D eigenvalue weighted by atomic mass is 10.0. The first-order valence-corrected chi connectivity index (χ1v) is 10.3. The van der Waals surface area contributed by atoms with E-state index in [1.807, 2.05) is 18.2 Å². The zero-order valence-electron chi connectivity index (χ0n) is 18.2. The molecule has 0 N–H and O–H groups in total. The van der Waals surface area contributed by atoms with Crippen molar-refractivity contribution >= 4 is 5.78 Å².